The number of hydrogen-bond acceptors (Lipinski definition) is 12. The Morgan fingerprint density at radius 1 is 0.976 bits per heavy atom. The number of hydrogen-bond donors (Lipinski definition) is 3. The topological polar surface area (TPSA) is 214 Å². The van der Waals surface area contributed by atoms with Gasteiger partial charge in [-0.15, -0.1) is 10.2 Å². The van der Waals surface area contributed by atoms with Gasteiger partial charge in [0.05, 0.1) is 36.7 Å². The Balaban J connectivity index is 0.000000156. The Bertz CT molecular complexity index is 1560. The molecule has 0 spiro atoms. The van der Waals surface area contributed by atoms with E-state index in [1.54, 1.807) is 21.4 Å². The van der Waals surface area contributed by atoms with Gasteiger partial charge in [0.25, 0.3) is 0 Å². The molecule has 41 heavy (non-hydrogen) atoms. The zero-order chi connectivity index (χ0) is 29.5. The van der Waals surface area contributed by atoms with Crippen LogP contribution < -0.4 is 10.2 Å². The van der Waals surface area contributed by atoms with Crippen molar-refractivity contribution < 1.29 is 10.2 Å². The van der Waals surface area contributed by atoms with Crippen molar-refractivity contribution in [3.63, 3.8) is 0 Å². The minimum atomic E-state index is -0.967. The van der Waals surface area contributed by atoms with Crippen LogP contribution in [-0.4, -0.2) is 89.9 Å². The molecular weight excluding hydrogens is 866 g/mol. The Morgan fingerprint density at radius 3 is 2.17 bits per heavy atom. The maximum Gasteiger partial charge on any atom is 0.214 e. The van der Waals surface area contributed by atoms with E-state index in [9.17, 15) is 10.2 Å². The number of halogens is 3. The highest BCUT2D eigenvalue weighted by Gasteiger charge is 2.34. The van der Waals surface area contributed by atoms with Gasteiger partial charge in [-0.3, -0.25) is 0 Å². The number of nitrogens with zero attached hydrogens (tertiary/aromatic N) is 13. The summed E-state index contributed by atoms with van der Waals surface area (Å²) in [5, 5.41) is 39.6. The minimum Gasteiger partial charge on any atom is -0.388 e. The molecule has 16 nitrogen and oxygen atoms in total. The standard InChI is InChI=1S/C10H12IN7OS.C6H12N4O.C4HBrIN3S/c11-7-4-13-8-18(7)15-9(20-8)17-3-1-2-10(19,6-17)5-14-16-12;7-10-9-5-6(11)2-1-3-8-4-6;5-3-8-9-2(6)1-7-4(9)10-3/h4,19H,1-3,5-6H2;8,11H,1-5H2;1H. The van der Waals surface area contributed by atoms with Crippen LogP contribution in [0.3, 0.4) is 0 Å². The average Bonchev–Trinajstić information content (AvgIpc) is 3.72. The van der Waals surface area contributed by atoms with Crippen molar-refractivity contribution in [2.75, 3.05) is 44.2 Å². The smallest absolute Gasteiger partial charge is 0.214 e. The van der Waals surface area contributed by atoms with E-state index in [1.165, 1.54) is 22.7 Å². The van der Waals surface area contributed by atoms with E-state index in [0.717, 1.165) is 58.7 Å². The highest BCUT2D eigenvalue weighted by Crippen LogP contribution is 2.30. The molecule has 2 atom stereocenters. The number of nitrogens with one attached hydrogen (secondary N) is 1. The SMILES string of the molecule is Brc1nn2c(I)cnc2s1.[N-]=[N+]=NCC1(O)CCCN(c2nn3c(I)cnc3s2)C1.[N-]=[N+]=NCC1(O)CCCNC1. The molecule has 0 radical (unpaired) electrons. The third kappa shape index (κ3) is 8.74. The summed E-state index contributed by atoms with van der Waals surface area (Å²) in [4.78, 5) is 17.5. The molecule has 3 N–H and O–H groups in total. The van der Waals surface area contributed by atoms with Crippen LogP contribution in [0, 0.1) is 7.40 Å². The summed E-state index contributed by atoms with van der Waals surface area (Å²) in [6.07, 6.45) is 6.72. The molecule has 4 aromatic heterocycles. The monoisotopic (exact) mass is 890 g/mol. The highest BCUT2D eigenvalue weighted by molar-refractivity contribution is 14.1. The highest BCUT2D eigenvalue weighted by atomic mass is 127. The number of β-amino-alcohol motifs (C(OH)–C–C–N with tert-alkyl or cyclic N) is 2. The van der Waals surface area contributed by atoms with Crippen molar-refractivity contribution >= 4 is 98.8 Å². The fourth-order valence-electron chi connectivity index (χ4n) is 4.25. The fraction of sp³-hybridized carbons (Fsp3) is 0.600. The molecule has 0 aliphatic carbocycles. The normalized spacial score (nSPS) is 22.2. The fourth-order valence-corrected chi connectivity index (χ4v) is 7.62. The summed E-state index contributed by atoms with van der Waals surface area (Å²) in [7, 11) is 0. The molecule has 6 heterocycles. The van der Waals surface area contributed by atoms with Crippen LogP contribution in [0.25, 0.3) is 30.8 Å². The van der Waals surface area contributed by atoms with E-state index in [1.807, 2.05) is 4.90 Å². The molecule has 2 aliphatic heterocycles. The zero-order valence-electron chi connectivity index (χ0n) is 21.4. The van der Waals surface area contributed by atoms with Gasteiger partial charge in [-0.05, 0) is 104 Å². The van der Waals surface area contributed by atoms with Crippen molar-refractivity contribution in [2.24, 2.45) is 10.2 Å². The van der Waals surface area contributed by atoms with E-state index in [0.29, 0.717) is 19.5 Å². The van der Waals surface area contributed by atoms with E-state index in [-0.39, 0.29) is 13.1 Å². The molecule has 6 rings (SSSR count). The summed E-state index contributed by atoms with van der Waals surface area (Å²) in [6, 6.07) is 0. The van der Waals surface area contributed by atoms with Crippen LogP contribution >= 0.6 is 83.8 Å². The van der Waals surface area contributed by atoms with Gasteiger partial charge in [0.2, 0.25) is 15.1 Å². The maximum absolute atomic E-state index is 10.5. The first-order valence-corrected chi connectivity index (χ1v) is 16.8. The Hall–Kier alpha value is -1.56. The predicted octanol–water partition coefficient (Wildman–Crippen LogP) is 4.61. The molecule has 2 fully saturated rings. The summed E-state index contributed by atoms with van der Waals surface area (Å²) >= 11 is 10.7. The lowest BCUT2D eigenvalue weighted by Crippen LogP contribution is -2.50. The molecule has 4 aromatic rings. The number of aromatic nitrogens is 6. The molecule has 0 bridgehead atoms. The maximum atomic E-state index is 10.5. The van der Waals surface area contributed by atoms with Gasteiger partial charge in [-0.2, -0.15) is 9.03 Å². The molecule has 0 saturated carbocycles. The largest absolute Gasteiger partial charge is 0.388 e. The first-order chi connectivity index (χ1) is 19.6. The molecular formula is C20H25BrI2N14O2S2. The van der Waals surface area contributed by atoms with E-state index >= 15 is 0 Å². The Morgan fingerprint density at radius 2 is 1.59 bits per heavy atom. The van der Waals surface area contributed by atoms with Crippen LogP contribution in [0.15, 0.2) is 26.5 Å². The third-order valence-corrected chi connectivity index (χ3v) is 9.99. The molecule has 21 heteroatoms. The zero-order valence-corrected chi connectivity index (χ0v) is 28.9. The lowest BCUT2D eigenvalue weighted by atomic mass is 9.93. The van der Waals surface area contributed by atoms with Gasteiger partial charge in [0.1, 0.15) is 7.40 Å². The van der Waals surface area contributed by atoms with Gasteiger partial charge < -0.3 is 20.4 Å². The number of azide groups is 2. The number of aliphatic hydroxyl groups is 2. The number of imidazole rings is 2. The molecule has 220 valence electrons. The quantitative estimate of drug-likeness (QED) is 0.111. The van der Waals surface area contributed by atoms with E-state index in [4.69, 9.17) is 11.1 Å². The number of anilines is 1. The second kappa shape index (κ2) is 14.8. The summed E-state index contributed by atoms with van der Waals surface area (Å²) in [5.41, 5.74) is 14.7. The van der Waals surface area contributed by atoms with E-state index < -0.39 is 11.2 Å². The Kier molecular flexibility index (Phi) is 11.6. The predicted molar refractivity (Wildman–Crippen MR) is 176 cm³/mol. The van der Waals surface area contributed by atoms with Crippen molar-refractivity contribution in [3.8, 4) is 0 Å². The molecule has 0 aromatic carbocycles. The van der Waals surface area contributed by atoms with Gasteiger partial charge >= 0.3 is 0 Å². The van der Waals surface area contributed by atoms with Gasteiger partial charge in [0, 0.05) is 29.5 Å². The summed E-state index contributed by atoms with van der Waals surface area (Å²) in [5.74, 6) is 0. The molecule has 2 saturated heterocycles. The lowest BCUT2D eigenvalue weighted by molar-refractivity contribution is 0.0253. The summed E-state index contributed by atoms with van der Waals surface area (Å²) in [6.45, 7) is 3.02. The van der Waals surface area contributed by atoms with Crippen LogP contribution in [0.1, 0.15) is 25.7 Å². The second-order valence-electron chi connectivity index (χ2n) is 9.32. The van der Waals surface area contributed by atoms with Gasteiger partial charge in [-0.25, -0.2) is 9.97 Å². The van der Waals surface area contributed by atoms with Crippen molar-refractivity contribution in [2.45, 2.75) is 36.9 Å². The number of piperidine rings is 2. The van der Waals surface area contributed by atoms with Crippen molar-refractivity contribution in [1.29, 1.82) is 0 Å². The molecule has 0 amide bonds. The van der Waals surface area contributed by atoms with Crippen molar-refractivity contribution in [3.05, 3.63) is 44.6 Å². The second-order valence-corrected chi connectivity index (χ2v) is 14.7. The van der Waals surface area contributed by atoms with Crippen LogP contribution in [0.2, 0.25) is 0 Å². The molecule has 2 aliphatic rings. The molecule has 2 unspecified atom stereocenters. The van der Waals surface area contributed by atoms with Crippen LogP contribution in [0.5, 0.6) is 0 Å². The first-order valence-electron chi connectivity index (χ1n) is 12.2. The van der Waals surface area contributed by atoms with Gasteiger partial charge in [0.15, 0.2) is 3.92 Å². The Labute approximate surface area is 277 Å². The first kappa shape index (κ1) is 32.4. The third-order valence-electron chi connectivity index (χ3n) is 6.18. The van der Waals surface area contributed by atoms with Crippen LogP contribution in [-0.2, 0) is 0 Å². The number of rotatable bonds is 5. The number of fused-ring (bicyclic) bond motifs is 2. The minimum absolute atomic E-state index is 0.0973. The lowest BCUT2D eigenvalue weighted by Gasteiger charge is -2.38. The summed E-state index contributed by atoms with van der Waals surface area (Å²) < 4.78 is 6.46. The van der Waals surface area contributed by atoms with Gasteiger partial charge in [-0.1, -0.05) is 32.9 Å². The van der Waals surface area contributed by atoms with E-state index in [2.05, 4.69) is 107 Å². The average molecular weight is 891 g/mol. The van der Waals surface area contributed by atoms with Crippen molar-refractivity contribution in [1.82, 2.24) is 34.5 Å². The van der Waals surface area contributed by atoms with Crippen LogP contribution in [0.4, 0.5) is 5.13 Å².